The normalized spacial score (nSPS) is 39.6. The molecule has 0 saturated heterocycles. The standard InChI is InChI=1S/C16H28O/c1-11(2)13-7-8-16(17)15(10-13)14-6-4-5-12(3)9-14/h11-15H,4-10H2,1-3H3. The van der Waals surface area contributed by atoms with Gasteiger partial charge in [-0.1, -0.05) is 33.6 Å². The second kappa shape index (κ2) is 5.54. The minimum atomic E-state index is 0.416. The van der Waals surface area contributed by atoms with Gasteiger partial charge >= 0.3 is 0 Å². The van der Waals surface area contributed by atoms with Crippen molar-refractivity contribution in [2.45, 2.75) is 65.7 Å². The van der Waals surface area contributed by atoms with Crippen molar-refractivity contribution in [3.05, 3.63) is 0 Å². The molecule has 0 amide bonds. The Bertz CT molecular complexity index is 269. The number of rotatable bonds is 2. The summed E-state index contributed by atoms with van der Waals surface area (Å²) in [7, 11) is 0. The predicted octanol–water partition coefficient (Wildman–Crippen LogP) is 4.45. The van der Waals surface area contributed by atoms with Crippen LogP contribution in [0.15, 0.2) is 0 Å². The fraction of sp³-hybridized carbons (Fsp3) is 0.938. The van der Waals surface area contributed by atoms with Gasteiger partial charge in [-0.05, 0) is 49.4 Å². The van der Waals surface area contributed by atoms with Crippen LogP contribution in [-0.2, 0) is 4.79 Å². The molecule has 0 N–H and O–H groups in total. The molecule has 2 rings (SSSR count). The molecule has 2 fully saturated rings. The van der Waals surface area contributed by atoms with E-state index in [-0.39, 0.29) is 0 Å². The molecule has 1 heteroatoms. The van der Waals surface area contributed by atoms with Gasteiger partial charge in [-0.15, -0.1) is 0 Å². The number of hydrogen-bond donors (Lipinski definition) is 0. The number of hydrogen-bond acceptors (Lipinski definition) is 1. The van der Waals surface area contributed by atoms with Crippen LogP contribution in [0.4, 0.5) is 0 Å². The largest absolute Gasteiger partial charge is 0.299 e. The van der Waals surface area contributed by atoms with E-state index in [4.69, 9.17) is 0 Å². The summed E-state index contributed by atoms with van der Waals surface area (Å²) < 4.78 is 0. The van der Waals surface area contributed by atoms with E-state index in [2.05, 4.69) is 20.8 Å². The van der Waals surface area contributed by atoms with Gasteiger partial charge in [0, 0.05) is 12.3 Å². The van der Waals surface area contributed by atoms with Gasteiger partial charge in [-0.3, -0.25) is 4.79 Å². The lowest BCUT2D eigenvalue weighted by atomic mass is 9.66. The van der Waals surface area contributed by atoms with Crippen LogP contribution < -0.4 is 0 Å². The van der Waals surface area contributed by atoms with Gasteiger partial charge in [0.15, 0.2) is 0 Å². The Hall–Kier alpha value is -0.330. The molecule has 2 saturated carbocycles. The zero-order valence-corrected chi connectivity index (χ0v) is 11.7. The molecule has 0 radical (unpaired) electrons. The Morgan fingerprint density at radius 2 is 1.88 bits per heavy atom. The van der Waals surface area contributed by atoms with Crippen molar-refractivity contribution in [1.29, 1.82) is 0 Å². The molecule has 2 aliphatic rings. The molecular formula is C16H28O. The highest BCUT2D eigenvalue weighted by atomic mass is 16.1. The quantitative estimate of drug-likeness (QED) is 0.692. The maximum absolute atomic E-state index is 12.2. The maximum atomic E-state index is 12.2. The number of ketones is 1. The van der Waals surface area contributed by atoms with Crippen molar-refractivity contribution in [1.82, 2.24) is 0 Å². The van der Waals surface area contributed by atoms with Crippen molar-refractivity contribution in [2.75, 3.05) is 0 Å². The van der Waals surface area contributed by atoms with E-state index in [1.165, 1.54) is 32.1 Å². The van der Waals surface area contributed by atoms with E-state index in [1.54, 1.807) is 0 Å². The van der Waals surface area contributed by atoms with E-state index >= 15 is 0 Å². The molecule has 1 nitrogen and oxygen atoms in total. The zero-order valence-electron chi connectivity index (χ0n) is 11.7. The van der Waals surface area contributed by atoms with E-state index in [9.17, 15) is 4.79 Å². The van der Waals surface area contributed by atoms with Gasteiger partial charge in [0.25, 0.3) is 0 Å². The zero-order chi connectivity index (χ0) is 12.4. The van der Waals surface area contributed by atoms with Crippen molar-refractivity contribution in [2.24, 2.45) is 29.6 Å². The van der Waals surface area contributed by atoms with Crippen LogP contribution in [0.3, 0.4) is 0 Å². The van der Waals surface area contributed by atoms with Gasteiger partial charge in [0.05, 0.1) is 0 Å². The smallest absolute Gasteiger partial charge is 0.136 e. The molecule has 0 heterocycles. The highest BCUT2D eigenvalue weighted by Crippen LogP contribution is 2.41. The van der Waals surface area contributed by atoms with E-state index < -0.39 is 0 Å². The first-order valence-electron chi connectivity index (χ1n) is 7.60. The predicted molar refractivity (Wildman–Crippen MR) is 71.8 cm³/mol. The first-order chi connectivity index (χ1) is 8.08. The molecule has 4 atom stereocenters. The second-order valence-corrected chi connectivity index (χ2v) is 6.88. The third-order valence-electron chi connectivity index (χ3n) is 5.22. The van der Waals surface area contributed by atoms with Crippen LogP contribution in [0, 0.1) is 29.6 Å². The molecule has 0 spiro atoms. The van der Waals surface area contributed by atoms with Crippen LogP contribution >= 0.6 is 0 Å². The summed E-state index contributed by atoms with van der Waals surface area (Å²) >= 11 is 0. The summed E-state index contributed by atoms with van der Waals surface area (Å²) in [5.41, 5.74) is 0. The Morgan fingerprint density at radius 1 is 1.12 bits per heavy atom. The van der Waals surface area contributed by atoms with Crippen LogP contribution in [0.5, 0.6) is 0 Å². The first kappa shape index (κ1) is 13.1. The highest BCUT2D eigenvalue weighted by molar-refractivity contribution is 5.82. The van der Waals surface area contributed by atoms with Crippen molar-refractivity contribution in [3.8, 4) is 0 Å². The summed E-state index contributed by atoms with van der Waals surface area (Å²) in [5.74, 6) is 4.12. The molecule has 0 bridgehead atoms. The van der Waals surface area contributed by atoms with Gasteiger partial charge in [0.1, 0.15) is 5.78 Å². The molecule has 0 aromatic carbocycles. The average Bonchev–Trinajstić information content (AvgIpc) is 2.29. The van der Waals surface area contributed by atoms with Crippen molar-refractivity contribution >= 4 is 5.78 Å². The lowest BCUT2D eigenvalue weighted by Gasteiger charge is -2.38. The minimum Gasteiger partial charge on any atom is -0.299 e. The Morgan fingerprint density at radius 3 is 2.53 bits per heavy atom. The molecule has 98 valence electrons. The molecular weight excluding hydrogens is 208 g/mol. The molecule has 2 aliphatic carbocycles. The molecule has 0 aromatic rings. The van der Waals surface area contributed by atoms with E-state index in [1.807, 2.05) is 0 Å². The average molecular weight is 236 g/mol. The number of Topliss-reactive ketones (excluding diaryl/α,β-unsaturated/α-hetero) is 1. The number of carbonyl (C=O) groups excluding carboxylic acids is 1. The lowest BCUT2D eigenvalue weighted by molar-refractivity contribution is -0.128. The monoisotopic (exact) mass is 236 g/mol. The SMILES string of the molecule is CC1CCCC(C2CC(C(C)C)CCC2=O)C1. The Labute approximate surface area is 106 Å². The van der Waals surface area contributed by atoms with Crippen LogP contribution in [0.1, 0.15) is 65.7 Å². The molecule has 4 unspecified atom stereocenters. The summed E-state index contributed by atoms with van der Waals surface area (Å²) in [4.78, 5) is 12.2. The van der Waals surface area contributed by atoms with Crippen LogP contribution in [-0.4, -0.2) is 5.78 Å². The van der Waals surface area contributed by atoms with Crippen molar-refractivity contribution in [3.63, 3.8) is 0 Å². The summed E-state index contributed by atoms with van der Waals surface area (Å²) in [6.07, 6.45) is 8.54. The third-order valence-corrected chi connectivity index (χ3v) is 5.22. The molecule has 0 aromatic heterocycles. The van der Waals surface area contributed by atoms with E-state index in [0.717, 1.165) is 30.6 Å². The summed E-state index contributed by atoms with van der Waals surface area (Å²) in [6.45, 7) is 7.00. The number of carbonyl (C=O) groups is 1. The fourth-order valence-electron chi connectivity index (χ4n) is 4.00. The van der Waals surface area contributed by atoms with E-state index in [0.29, 0.717) is 17.6 Å². The Kier molecular flexibility index (Phi) is 4.27. The third kappa shape index (κ3) is 3.11. The Balaban J connectivity index is 1.99. The summed E-state index contributed by atoms with van der Waals surface area (Å²) in [5, 5.41) is 0. The second-order valence-electron chi connectivity index (χ2n) is 6.88. The van der Waals surface area contributed by atoms with Gasteiger partial charge in [0.2, 0.25) is 0 Å². The molecule has 0 aliphatic heterocycles. The highest BCUT2D eigenvalue weighted by Gasteiger charge is 2.36. The molecule has 17 heavy (non-hydrogen) atoms. The lowest BCUT2D eigenvalue weighted by Crippen LogP contribution is -2.34. The maximum Gasteiger partial charge on any atom is 0.136 e. The van der Waals surface area contributed by atoms with Gasteiger partial charge < -0.3 is 0 Å². The van der Waals surface area contributed by atoms with Gasteiger partial charge in [-0.2, -0.15) is 0 Å². The van der Waals surface area contributed by atoms with Gasteiger partial charge in [-0.25, -0.2) is 0 Å². The minimum absolute atomic E-state index is 0.416. The van der Waals surface area contributed by atoms with Crippen LogP contribution in [0.2, 0.25) is 0 Å². The topological polar surface area (TPSA) is 17.1 Å². The fourth-order valence-corrected chi connectivity index (χ4v) is 4.00. The van der Waals surface area contributed by atoms with Crippen molar-refractivity contribution < 1.29 is 4.79 Å². The summed E-state index contributed by atoms with van der Waals surface area (Å²) in [6, 6.07) is 0. The first-order valence-corrected chi connectivity index (χ1v) is 7.60. The van der Waals surface area contributed by atoms with Crippen LogP contribution in [0.25, 0.3) is 0 Å².